The van der Waals surface area contributed by atoms with E-state index in [-0.39, 0.29) is 12.5 Å². The van der Waals surface area contributed by atoms with Crippen LogP contribution in [0.25, 0.3) is 0 Å². The fourth-order valence-corrected chi connectivity index (χ4v) is 2.59. The zero-order chi connectivity index (χ0) is 17.5. The molecule has 0 saturated carbocycles. The predicted molar refractivity (Wildman–Crippen MR) is 95.0 cm³/mol. The van der Waals surface area contributed by atoms with Crippen LogP contribution in [0.1, 0.15) is 27.0 Å². The molecule has 0 aliphatic rings. The Morgan fingerprint density at radius 3 is 2.38 bits per heavy atom. The van der Waals surface area contributed by atoms with Crippen molar-refractivity contribution in [1.82, 2.24) is 5.32 Å². The van der Waals surface area contributed by atoms with E-state index in [9.17, 15) is 9.59 Å². The second kappa shape index (κ2) is 8.50. The summed E-state index contributed by atoms with van der Waals surface area (Å²) in [6.45, 7) is 4.19. The molecule has 5 heteroatoms. The largest absolute Gasteiger partial charge is 0.483 e. The van der Waals surface area contributed by atoms with Gasteiger partial charge in [0.05, 0.1) is 0 Å². The zero-order valence-corrected chi connectivity index (χ0v) is 14.5. The van der Waals surface area contributed by atoms with Gasteiger partial charge in [-0.25, -0.2) is 0 Å². The predicted octanol–water partition coefficient (Wildman–Crippen LogP) is 3.51. The lowest BCUT2D eigenvalue weighted by Crippen LogP contribution is -2.30. The number of amides is 1. The molecule has 0 radical (unpaired) electrons. The monoisotopic (exact) mass is 345 g/mol. The van der Waals surface area contributed by atoms with Gasteiger partial charge < -0.3 is 10.1 Å². The van der Waals surface area contributed by atoms with Gasteiger partial charge in [0.2, 0.25) is 0 Å². The van der Waals surface area contributed by atoms with Crippen molar-refractivity contribution < 1.29 is 14.3 Å². The fourth-order valence-electron chi connectivity index (χ4n) is 2.47. The summed E-state index contributed by atoms with van der Waals surface area (Å²) < 4.78 is 5.60. The van der Waals surface area contributed by atoms with Crippen LogP contribution in [-0.4, -0.2) is 25.3 Å². The highest BCUT2D eigenvalue weighted by Crippen LogP contribution is 2.24. The van der Waals surface area contributed by atoms with E-state index >= 15 is 0 Å². The Labute approximate surface area is 146 Å². The number of ether oxygens (including phenoxy) is 1. The standard InChI is InChI=1S/C19H20ClNO3/c1-13-9-16(11-22)10-14(2)19(13)24-12-18(23)21-8-7-15-3-5-17(20)6-4-15/h3-6,9-11H,7-8,12H2,1-2H3,(H,21,23). The third-order valence-electron chi connectivity index (χ3n) is 3.62. The molecule has 0 atom stereocenters. The van der Waals surface area contributed by atoms with Crippen molar-refractivity contribution in [3.8, 4) is 5.75 Å². The van der Waals surface area contributed by atoms with Crippen LogP contribution in [0.15, 0.2) is 36.4 Å². The fraction of sp³-hybridized carbons (Fsp3) is 0.263. The highest BCUT2D eigenvalue weighted by atomic mass is 35.5. The Bertz CT molecular complexity index is 703. The van der Waals surface area contributed by atoms with Gasteiger partial charge in [-0.05, 0) is 61.2 Å². The molecule has 0 aromatic heterocycles. The summed E-state index contributed by atoms with van der Waals surface area (Å²) in [5, 5.41) is 3.52. The Morgan fingerprint density at radius 2 is 1.79 bits per heavy atom. The summed E-state index contributed by atoms with van der Waals surface area (Å²) in [6.07, 6.45) is 1.53. The minimum absolute atomic E-state index is 0.0528. The molecule has 1 amide bonds. The van der Waals surface area contributed by atoms with Gasteiger partial charge in [-0.1, -0.05) is 23.7 Å². The molecule has 0 fully saturated rings. The SMILES string of the molecule is Cc1cc(C=O)cc(C)c1OCC(=O)NCCc1ccc(Cl)cc1. The van der Waals surface area contributed by atoms with E-state index in [2.05, 4.69) is 5.32 Å². The number of carbonyl (C=O) groups excluding carboxylic acids is 2. The number of benzene rings is 2. The normalized spacial score (nSPS) is 10.3. The maximum Gasteiger partial charge on any atom is 0.257 e. The first-order valence-corrected chi connectivity index (χ1v) is 8.07. The molecular formula is C19H20ClNO3. The Hall–Kier alpha value is -2.33. The van der Waals surface area contributed by atoms with Crippen LogP contribution in [0.5, 0.6) is 5.75 Å². The summed E-state index contributed by atoms with van der Waals surface area (Å²) >= 11 is 5.83. The van der Waals surface area contributed by atoms with Gasteiger partial charge in [0.1, 0.15) is 12.0 Å². The minimum atomic E-state index is -0.178. The van der Waals surface area contributed by atoms with Crippen LogP contribution in [0.3, 0.4) is 0 Å². The maximum atomic E-state index is 11.9. The van der Waals surface area contributed by atoms with Crippen LogP contribution < -0.4 is 10.1 Å². The summed E-state index contributed by atoms with van der Waals surface area (Å²) in [5.74, 6) is 0.468. The van der Waals surface area contributed by atoms with E-state index < -0.39 is 0 Å². The third-order valence-corrected chi connectivity index (χ3v) is 3.87. The average molecular weight is 346 g/mol. The molecule has 2 rings (SSSR count). The third kappa shape index (κ3) is 5.10. The van der Waals surface area contributed by atoms with Gasteiger partial charge in [-0.3, -0.25) is 9.59 Å². The van der Waals surface area contributed by atoms with Gasteiger partial charge in [-0.2, -0.15) is 0 Å². The molecule has 0 bridgehead atoms. The van der Waals surface area contributed by atoms with E-state index in [1.165, 1.54) is 0 Å². The molecule has 4 nitrogen and oxygen atoms in total. The van der Waals surface area contributed by atoms with E-state index in [0.29, 0.717) is 22.9 Å². The Balaban J connectivity index is 1.81. The van der Waals surface area contributed by atoms with E-state index in [4.69, 9.17) is 16.3 Å². The molecule has 126 valence electrons. The first-order valence-electron chi connectivity index (χ1n) is 7.70. The minimum Gasteiger partial charge on any atom is -0.483 e. The number of rotatable bonds is 7. The number of carbonyl (C=O) groups is 2. The number of halogens is 1. The molecule has 2 aromatic rings. The molecule has 0 heterocycles. The van der Waals surface area contributed by atoms with Gasteiger partial charge in [-0.15, -0.1) is 0 Å². The first kappa shape index (κ1) is 18.0. The van der Waals surface area contributed by atoms with Gasteiger partial charge in [0, 0.05) is 17.1 Å². The molecular weight excluding hydrogens is 326 g/mol. The number of aldehydes is 1. The summed E-state index contributed by atoms with van der Waals surface area (Å²) in [7, 11) is 0. The summed E-state index contributed by atoms with van der Waals surface area (Å²) in [6, 6.07) is 11.0. The number of hydrogen-bond donors (Lipinski definition) is 1. The average Bonchev–Trinajstić information content (AvgIpc) is 2.55. The number of aryl methyl sites for hydroxylation is 2. The maximum absolute atomic E-state index is 11.9. The lowest BCUT2D eigenvalue weighted by Gasteiger charge is -2.13. The molecule has 24 heavy (non-hydrogen) atoms. The number of hydrogen-bond acceptors (Lipinski definition) is 3. The van der Waals surface area contributed by atoms with Crippen LogP contribution >= 0.6 is 11.6 Å². The number of nitrogens with one attached hydrogen (secondary N) is 1. The summed E-state index contributed by atoms with van der Waals surface area (Å²) in [5.41, 5.74) is 3.39. The van der Waals surface area contributed by atoms with Gasteiger partial charge in [0.15, 0.2) is 6.61 Å². The Morgan fingerprint density at radius 1 is 1.17 bits per heavy atom. The molecule has 0 aliphatic carbocycles. The van der Waals surface area contributed by atoms with Crippen molar-refractivity contribution in [3.63, 3.8) is 0 Å². The summed E-state index contributed by atoms with van der Waals surface area (Å²) in [4.78, 5) is 22.7. The molecule has 0 aliphatic heterocycles. The molecule has 0 spiro atoms. The van der Waals surface area contributed by atoms with Crippen LogP contribution in [0.4, 0.5) is 0 Å². The molecule has 2 aromatic carbocycles. The highest BCUT2D eigenvalue weighted by molar-refractivity contribution is 6.30. The van der Waals surface area contributed by atoms with E-state index in [1.54, 1.807) is 12.1 Å². The van der Waals surface area contributed by atoms with Crippen LogP contribution in [0.2, 0.25) is 5.02 Å². The zero-order valence-electron chi connectivity index (χ0n) is 13.8. The van der Waals surface area contributed by atoms with Gasteiger partial charge >= 0.3 is 0 Å². The topological polar surface area (TPSA) is 55.4 Å². The quantitative estimate of drug-likeness (QED) is 0.781. The molecule has 1 N–H and O–H groups in total. The van der Waals surface area contributed by atoms with Gasteiger partial charge in [0.25, 0.3) is 5.91 Å². The second-order valence-corrected chi connectivity index (χ2v) is 6.05. The molecule has 0 unspecified atom stereocenters. The Kier molecular flexibility index (Phi) is 6.38. The van der Waals surface area contributed by atoms with Crippen molar-refractivity contribution >= 4 is 23.8 Å². The highest BCUT2D eigenvalue weighted by Gasteiger charge is 2.09. The second-order valence-electron chi connectivity index (χ2n) is 5.62. The first-order chi connectivity index (χ1) is 11.5. The van der Waals surface area contributed by atoms with Crippen LogP contribution in [0, 0.1) is 13.8 Å². The van der Waals surface area contributed by atoms with Crippen molar-refractivity contribution in [2.75, 3.05) is 13.2 Å². The van der Waals surface area contributed by atoms with E-state index in [0.717, 1.165) is 29.4 Å². The van der Waals surface area contributed by atoms with E-state index in [1.807, 2.05) is 38.1 Å². The van der Waals surface area contributed by atoms with Crippen LogP contribution in [-0.2, 0) is 11.2 Å². The smallest absolute Gasteiger partial charge is 0.257 e. The molecule has 0 saturated heterocycles. The van der Waals surface area contributed by atoms with Crippen molar-refractivity contribution in [2.24, 2.45) is 0 Å². The van der Waals surface area contributed by atoms with Crippen molar-refractivity contribution in [1.29, 1.82) is 0 Å². The van der Waals surface area contributed by atoms with Crippen molar-refractivity contribution in [2.45, 2.75) is 20.3 Å². The lowest BCUT2D eigenvalue weighted by molar-refractivity contribution is -0.123. The van der Waals surface area contributed by atoms with Crippen molar-refractivity contribution in [3.05, 3.63) is 63.7 Å². The lowest BCUT2D eigenvalue weighted by atomic mass is 10.1.